The lowest BCUT2D eigenvalue weighted by Crippen LogP contribution is -2.21. The van der Waals surface area contributed by atoms with Crippen LogP contribution in [0.4, 0.5) is 0 Å². The summed E-state index contributed by atoms with van der Waals surface area (Å²) in [4.78, 5) is 24.4. The largest absolute Gasteiger partial charge is 0.394 e. The third-order valence-corrected chi connectivity index (χ3v) is 4.40. The molecule has 126 valence electrons. The first-order chi connectivity index (χ1) is 11.2. The van der Waals surface area contributed by atoms with E-state index in [4.69, 9.17) is 0 Å². The first kappa shape index (κ1) is 17.6. The van der Waals surface area contributed by atoms with Gasteiger partial charge in [0.1, 0.15) is 0 Å². The molecule has 0 saturated heterocycles. The van der Waals surface area contributed by atoms with Crippen molar-refractivity contribution in [2.24, 2.45) is 0 Å². The number of sulfone groups is 1. The lowest BCUT2D eigenvalue weighted by atomic mass is 10.1. The summed E-state index contributed by atoms with van der Waals surface area (Å²) >= 11 is 0. The number of nitrogens with one attached hydrogen (secondary N) is 1. The third-order valence-electron chi connectivity index (χ3n) is 3.27. The number of carbonyl (C=O) groups excluding carboxylic acids is 1. The van der Waals surface area contributed by atoms with E-state index in [9.17, 15) is 18.0 Å². The zero-order valence-corrected chi connectivity index (χ0v) is 14.3. The van der Waals surface area contributed by atoms with Gasteiger partial charge >= 0.3 is 0 Å². The molecule has 0 aliphatic rings. The van der Waals surface area contributed by atoms with Gasteiger partial charge in [0.25, 0.3) is 0 Å². The van der Waals surface area contributed by atoms with E-state index in [1.807, 2.05) is 0 Å². The van der Waals surface area contributed by atoms with Crippen LogP contribution in [0.25, 0.3) is 5.69 Å². The molecule has 2 aromatic rings. The molecule has 0 bridgehead atoms. The van der Waals surface area contributed by atoms with E-state index in [0.717, 1.165) is 6.26 Å². The summed E-state index contributed by atoms with van der Waals surface area (Å²) in [5, 5.41) is 6.80. The predicted molar refractivity (Wildman–Crippen MR) is 90.1 cm³/mol. The molecule has 0 fully saturated rings. The van der Waals surface area contributed by atoms with Gasteiger partial charge in [-0.05, 0) is 31.2 Å². The highest BCUT2D eigenvalue weighted by atomic mass is 32.2. The van der Waals surface area contributed by atoms with E-state index in [2.05, 4.69) is 10.4 Å². The highest BCUT2D eigenvalue weighted by Gasteiger charge is 2.15. The van der Waals surface area contributed by atoms with Gasteiger partial charge in [-0.15, -0.1) is 0 Å². The van der Waals surface area contributed by atoms with Crippen molar-refractivity contribution in [3.63, 3.8) is 0 Å². The Hall–Kier alpha value is -2.74. The van der Waals surface area contributed by atoms with Crippen LogP contribution in [-0.4, -0.2) is 37.3 Å². The minimum absolute atomic E-state index is 0.177. The lowest BCUT2D eigenvalue weighted by molar-refractivity contribution is 0.102. The molecule has 0 spiro atoms. The van der Waals surface area contributed by atoms with Gasteiger partial charge in [-0.25, -0.2) is 13.1 Å². The van der Waals surface area contributed by atoms with Crippen LogP contribution in [0.2, 0.25) is 0 Å². The third kappa shape index (κ3) is 3.77. The number of benzene rings is 1. The molecule has 2 rings (SSSR count). The summed E-state index contributed by atoms with van der Waals surface area (Å²) in [6.07, 6.45) is 4.03. The molecule has 0 saturated carbocycles. The predicted octanol–water partition coefficient (Wildman–Crippen LogP) is 0.942. The fourth-order valence-electron chi connectivity index (χ4n) is 2.02. The van der Waals surface area contributed by atoms with Gasteiger partial charge in [-0.2, -0.15) is 5.10 Å². The zero-order chi connectivity index (χ0) is 17.9. The Morgan fingerprint density at radius 2 is 1.83 bits per heavy atom. The molecule has 0 unspecified atom stereocenters. The second kappa shape index (κ2) is 6.79. The van der Waals surface area contributed by atoms with Crippen LogP contribution in [0.1, 0.15) is 17.4 Å². The molecule has 0 amide bonds. The first-order valence-electron chi connectivity index (χ1n) is 7.03. The van der Waals surface area contributed by atoms with Gasteiger partial charge in [0, 0.05) is 37.3 Å². The summed E-state index contributed by atoms with van der Waals surface area (Å²) in [6, 6.07) is 7.24. The van der Waals surface area contributed by atoms with Crippen LogP contribution in [0.15, 0.2) is 58.0 Å². The van der Waals surface area contributed by atoms with Crippen molar-refractivity contribution in [2.75, 3.05) is 13.3 Å². The van der Waals surface area contributed by atoms with Crippen molar-refractivity contribution in [3.8, 4) is 5.69 Å². The number of allylic oxidation sites excluding steroid dienone is 1. The van der Waals surface area contributed by atoms with Crippen molar-refractivity contribution >= 4 is 15.6 Å². The number of nitrogens with zero attached hydrogens (tertiary/aromatic N) is 2. The number of Topliss-reactive ketones (excluding diaryl/α,β-unsaturated/α-hetero) is 1. The zero-order valence-electron chi connectivity index (χ0n) is 13.5. The van der Waals surface area contributed by atoms with E-state index in [1.165, 1.54) is 35.3 Å². The quantitative estimate of drug-likeness (QED) is 0.638. The Morgan fingerprint density at radius 3 is 2.38 bits per heavy atom. The smallest absolute Gasteiger partial charge is 0.214 e. The Labute approximate surface area is 139 Å². The van der Waals surface area contributed by atoms with Crippen LogP contribution in [0.3, 0.4) is 0 Å². The maximum Gasteiger partial charge on any atom is 0.214 e. The molecule has 1 aromatic heterocycles. The molecule has 0 radical (unpaired) electrons. The van der Waals surface area contributed by atoms with Crippen LogP contribution in [-0.2, 0) is 9.84 Å². The summed E-state index contributed by atoms with van der Waals surface area (Å²) in [5.41, 5.74) is 0.209. The van der Waals surface area contributed by atoms with Crippen molar-refractivity contribution < 1.29 is 13.2 Å². The van der Waals surface area contributed by atoms with E-state index < -0.39 is 21.0 Å². The number of hydrogen-bond acceptors (Lipinski definition) is 6. The maximum absolute atomic E-state index is 12.3. The fraction of sp³-hybridized carbons (Fsp3) is 0.188. The van der Waals surface area contributed by atoms with Gasteiger partial charge in [0.2, 0.25) is 11.2 Å². The molecule has 0 atom stereocenters. The van der Waals surface area contributed by atoms with Crippen LogP contribution < -0.4 is 10.7 Å². The van der Waals surface area contributed by atoms with Gasteiger partial charge in [-0.3, -0.25) is 9.59 Å². The molecule has 1 heterocycles. The molecular weight excluding hydrogens is 330 g/mol. The average Bonchev–Trinajstić information content (AvgIpc) is 2.54. The molecule has 0 aliphatic heterocycles. The summed E-state index contributed by atoms with van der Waals surface area (Å²) in [6.45, 7) is 1.58. The Balaban J connectivity index is 2.47. The molecule has 7 nitrogen and oxygen atoms in total. The monoisotopic (exact) mass is 347 g/mol. The average molecular weight is 347 g/mol. The minimum Gasteiger partial charge on any atom is -0.394 e. The number of carbonyl (C=O) groups is 1. The summed E-state index contributed by atoms with van der Waals surface area (Å²) in [5.74, 6) is -0.476. The van der Waals surface area contributed by atoms with Crippen molar-refractivity contribution in [2.45, 2.75) is 11.8 Å². The highest BCUT2D eigenvalue weighted by Crippen LogP contribution is 2.13. The molecular formula is C16H17N3O4S. The summed E-state index contributed by atoms with van der Waals surface area (Å²) < 4.78 is 24.3. The molecule has 1 aromatic carbocycles. The van der Waals surface area contributed by atoms with E-state index >= 15 is 0 Å². The topological polar surface area (TPSA) is 98.1 Å². The maximum atomic E-state index is 12.3. The Morgan fingerprint density at radius 1 is 1.21 bits per heavy atom. The van der Waals surface area contributed by atoms with Gasteiger partial charge in [0.05, 0.1) is 10.6 Å². The highest BCUT2D eigenvalue weighted by molar-refractivity contribution is 7.90. The van der Waals surface area contributed by atoms with Crippen molar-refractivity contribution in [3.05, 3.63) is 64.2 Å². The fourth-order valence-corrected chi connectivity index (χ4v) is 2.65. The van der Waals surface area contributed by atoms with Gasteiger partial charge < -0.3 is 5.32 Å². The Kier molecular flexibility index (Phi) is 4.99. The number of rotatable bonds is 5. The molecule has 8 heteroatoms. The summed E-state index contributed by atoms with van der Waals surface area (Å²) in [7, 11) is -1.65. The van der Waals surface area contributed by atoms with E-state index in [0.29, 0.717) is 11.3 Å². The first-order valence-corrected chi connectivity index (χ1v) is 8.92. The van der Waals surface area contributed by atoms with Gasteiger partial charge in [-0.1, -0.05) is 0 Å². The van der Waals surface area contributed by atoms with Crippen molar-refractivity contribution in [1.82, 2.24) is 15.1 Å². The standard InChI is InChI=1S/C16H17N3O4S/c1-11(10-17-2)16(21)15-14(20)8-9-19(18-15)12-4-6-13(7-5-12)24(3,22)23/h4-10,17H,1-3H3/b11-10+. The van der Waals surface area contributed by atoms with Crippen molar-refractivity contribution in [1.29, 1.82) is 0 Å². The van der Waals surface area contributed by atoms with E-state index in [-0.39, 0.29) is 10.6 Å². The molecule has 24 heavy (non-hydrogen) atoms. The van der Waals surface area contributed by atoms with Gasteiger partial charge in [0.15, 0.2) is 15.5 Å². The van der Waals surface area contributed by atoms with E-state index in [1.54, 1.807) is 26.1 Å². The van der Waals surface area contributed by atoms with Crippen LogP contribution in [0.5, 0.6) is 0 Å². The normalized spacial score (nSPS) is 12.0. The molecule has 1 N–H and O–H groups in total. The molecule has 0 aliphatic carbocycles. The second-order valence-electron chi connectivity index (χ2n) is 5.18. The number of hydrogen-bond donors (Lipinski definition) is 1. The van der Waals surface area contributed by atoms with Crippen LogP contribution in [0, 0.1) is 0 Å². The Bertz CT molecular complexity index is 958. The number of aromatic nitrogens is 2. The van der Waals surface area contributed by atoms with Crippen LogP contribution >= 0.6 is 0 Å². The SMILES string of the molecule is CN/C=C(\C)C(=O)c1nn(-c2ccc(S(C)(=O)=O)cc2)ccc1=O. The lowest BCUT2D eigenvalue weighted by Gasteiger charge is -2.08. The second-order valence-corrected chi connectivity index (χ2v) is 7.20. The minimum atomic E-state index is -3.30. The number of ketones is 1.